The van der Waals surface area contributed by atoms with Crippen molar-refractivity contribution in [3.63, 3.8) is 0 Å². The van der Waals surface area contributed by atoms with Crippen LogP contribution in [0, 0.1) is 0 Å². The van der Waals surface area contributed by atoms with Crippen LogP contribution in [0.1, 0.15) is 36.0 Å². The van der Waals surface area contributed by atoms with E-state index in [-0.39, 0.29) is 11.9 Å². The molecule has 0 bridgehead atoms. The quantitative estimate of drug-likeness (QED) is 0.559. The number of amides is 1. The normalized spacial score (nSPS) is 17.4. The monoisotopic (exact) mass is 454 g/mol. The maximum absolute atomic E-state index is 13.0. The van der Waals surface area contributed by atoms with Gasteiger partial charge in [0.25, 0.3) is 15.9 Å². The molecule has 3 aromatic rings. The Bertz CT molecular complexity index is 1100. The highest BCUT2D eigenvalue weighted by Gasteiger charge is 2.33. The van der Waals surface area contributed by atoms with E-state index in [0.717, 1.165) is 30.4 Å². The Balaban J connectivity index is 1.35. The summed E-state index contributed by atoms with van der Waals surface area (Å²) in [5, 5.41) is 4.74. The molecule has 1 aromatic heterocycles. The molecular weight excluding hydrogens is 428 g/mol. The Kier molecular flexibility index (Phi) is 6.85. The summed E-state index contributed by atoms with van der Waals surface area (Å²) < 4.78 is 28.0. The number of hydrogen-bond donors (Lipinski definition) is 1. The van der Waals surface area contributed by atoms with Gasteiger partial charge >= 0.3 is 0 Å². The number of piperidine rings is 1. The second-order valence-electron chi connectivity index (χ2n) is 7.69. The van der Waals surface area contributed by atoms with Gasteiger partial charge in [-0.05, 0) is 54.0 Å². The average molecular weight is 455 g/mol. The van der Waals surface area contributed by atoms with E-state index in [1.54, 1.807) is 21.8 Å². The van der Waals surface area contributed by atoms with Gasteiger partial charge in [0, 0.05) is 24.7 Å². The van der Waals surface area contributed by atoms with Gasteiger partial charge in [0.1, 0.15) is 4.21 Å². The number of rotatable bonds is 7. The molecule has 1 aliphatic rings. The van der Waals surface area contributed by atoms with Gasteiger partial charge in [-0.25, -0.2) is 8.42 Å². The van der Waals surface area contributed by atoms with Crippen LogP contribution >= 0.6 is 11.3 Å². The van der Waals surface area contributed by atoms with Crippen molar-refractivity contribution >= 4 is 27.3 Å². The maximum atomic E-state index is 13.0. The van der Waals surface area contributed by atoms with E-state index in [0.29, 0.717) is 29.3 Å². The van der Waals surface area contributed by atoms with Crippen LogP contribution in [0.15, 0.2) is 76.3 Å². The summed E-state index contributed by atoms with van der Waals surface area (Å²) in [4.78, 5) is 12.6. The van der Waals surface area contributed by atoms with Gasteiger partial charge in [-0.15, -0.1) is 11.3 Å². The molecule has 1 atom stereocenters. The lowest BCUT2D eigenvalue weighted by molar-refractivity contribution is 0.0949. The third-order valence-corrected chi connectivity index (χ3v) is 8.97. The predicted octanol–water partition coefficient (Wildman–Crippen LogP) is 4.78. The van der Waals surface area contributed by atoms with Crippen LogP contribution in [0.4, 0.5) is 0 Å². The van der Waals surface area contributed by atoms with Crippen LogP contribution in [0.5, 0.6) is 0 Å². The number of nitrogens with zero attached hydrogens (tertiary/aromatic N) is 1. The van der Waals surface area contributed by atoms with Gasteiger partial charge in [-0.3, -0.25) is 4.79 Å². The molecule has 7 heteroatoms. The van der Waals surface area contributed by atoms with Crippen molar-refractivity contribution in [3.05, 3.63) is 77.7 Å². The topological polar surface area (TPSA) is 66.5 Å². The molecule has 31 heavy (non-hydrogen) atoms. The van der Waals surface area contributed by atoms with E-state index < -0.39 is 10.0 Å². The molecule has 1 aliphatic heterocycles. The van der Waals surface area contributed by atoms with E-state index in [2.05, 4.69) is 5.32 Å². The first-order valence-corrected chi connectivity index (χ1v) is 12.9. The Morgan fingerprint density at radius 2 is 1.71 bits per heavy atom. The molecule has 1 amide bonds. The minimum atomic E-state index is -3.46. The number of hydrogen-bond acceptors (Lipinski definition) is 4. The molecule has 5 nitrogen and oxygen atoms in total. The third-order valence-electron chi connectivity index (χ3n) is 5.65. The number of thiophene rings is 1. The summed E-state index contributed by atoms with van der Waals surface area (Å²) in [6.07, 6.45) is 3.32. The van der Waals surface area contributed by atoms with E-state index >= 15 is 0 Å². The van der Waals surface area contributed by atoms with E-state index in [1.807, 2.05) is 54.6 Å². The summed E-state index contributed by atoms with van der Waals surface area (Å²) in [5.74, 6) is -0.136. The number of carbonyl (C=O) groups is 1. The molecule has 0 radical (unpaired) electrons. The first-order chi connectivity index (χ1) is 15.1. The lowest BCUT2D eigenvalue weighted by atomic mass is 10.0. The molecule has 0 spiro atoms. The highest BCUT2D eigenvalue weighted by molar-refractivity contribution is 7.91. The average Bonchev–Trinajstić information content (AvgIpc) is 3.36. The fourth-order valence-electron chi connectivity index (χ4n) is 4.00. The zero-order chi connectivity index (χ0) is 21.7. The zero-order valence-electron chi connectivity index (χ0n) is 17.2. The van der Waals surface area contributed by atoms with Gasteiger partial charge in [0.2, 0.25) is 0 Å². The zero-order valence-corrected chi connectivity index (χ0v) is 18.9. The van der Waals surface area contributed by atoms with Crippen molar-refractivity contribution in [2.45, 2.75) is 35.9 Å². The van der Waals surface area contributed by atoms with Crippen molar-refractivity contribution in [2.24, 2.45) is 0 Å². The van der Waals surface area contributed by atoms with Gasteiger partial charge in [-0.2, -0.15) is 4.31 Å². The molecule has 2 heterocycles. The Morgan fingerprint density at radius 1 is 0.968 bits per heavy atom. The summed E-state index contributed by atoms with van der Waals surface area (Å²) in [7, 11) is -3.46. The molecule has 1 fully saturated rings. The molecule has 1 saturated heterocycles. The number of nitrogens with one attached hydrogen (secondary N) is 1. The molecule has 2 aromatic carbocycles. The van der Waals surface area contributed by atoms with Crippen LogP contribution in [-0.2, 0) is 10.0 Å². The van der Waals surface area contributed by atoms with Crippen molar-refractivity contribution in [2.75, 3.05) is 13.1 Å². The van der Waals surface area contributed by atoms with Crippen LogP contribution in [-0.4, -0.2) is 37.8 Å². The SMILES string of the molecule is O=C(NCCC1CCCCN1S(=O)(=O)c1cccs1)c1ccc(-c2ccccc2)cc1. The smallest absolute Gasteiger partial charge is 0.252 e. The second kappa shape index (κ2) is 9.77. The van der Waals surface area contributed by atoms with Crippen LogP contribution in [0.25, 0.3) is 11.1 Å². The second-order valence-corrected chi connectivity index (χ2v) is 10.8. The van der Waals surface area contributed by atoms with Gasteiger partial charge < -0.3 is 5.32 Å². The first-order valence-electron chi connectivity index (χ1n) is 10.5. The highest BCUT2D eigenvalue weighted by Crippen LogP contribution is 2.29. The Morgan fingerprint density at radius 3 is 2.42 bits per heavy atom. The molecule has 1 unspecified atom stereocenters. The minimum Gasteiger partial charge on any atom is -0.352 e. The standard InChI is InChI=1S/C24H26N2O3S2/c27-24(21-13-11-20(12-14-21)19-7-2-1-3-8-19)25-16-15-22-9-4-5-17-26(22)31(28,29)23-10-6-18-30-23/h1-3,6-8,10-14,18,22H,4-5,9,15-17H2,(H,25,27). The highest BCUT2D eigenvalue weighted by atomic mass is 32.2. The fourth-order valence-corrected chi connectivity index (χ4v) is 6.85. The van der Waals surface area contributed by atoms with Gasteiger partial charge in [0.05, 0.1) is 0 Å². The Labute approximate surface area is 187 Å². The van der Waals surface area contributed by atoms with E-state index in [4.69, 9.17) is 0 Å². The predicted molar refractivity (Wildman–Crippen MR) is 125 cm³/mol. The molecular formula is C24H26N2O3S2. The van der Waals surface area contributed by atoms with E-state index in [1.165, 1.54) is 11.3 Å². The largest absolute Gasteiger partial charge is 0.352 e. The molecule has 0 aliphatic carbocycles. The lowest BCUT2D eigenvalue weighted by Crippen LogP contribution is -2.44. The molecule has 162 valence electrons. The Hall–Kier alpha value is -2.48. The third kappa shape index (κ3) is 5.06. The number of carbonyl (C=O) groups excluding carboxylic acids is 1. The summed E-state index contributed by atoms with van der Waals surface area (Å²) in [6, 6.07) is 20.9. The molecule has 4 rings (SSSR count). The van der Waals surface area contributed by atoms with Crippen molar-refractivity contribution in [3.8, 4) is 11.1 Å². The van der Waals surface area contributed by atoms with Crippen molar-refractivity contribution in [1.29, 1.82) is 0 Å². The number of sulfonamides is 1. The van der Waals surface area contributed by atoms with Crippen molar-refractivity contribution in [1.82, 2.24) is 9.62 Å². The fraction of sp³-hybridized carbons (Fsp3) is 0.292. The first kappa shape index (κ1) is 21.7. The van der Waals surface area contributed by atoms with Gasteiger partial charge in [0.15, 0.2) is 0 Å². The summed E-state index contributed by atoms with van der Waals surface area (Å²) >= 11 is 1.25. The summed E-state index contributed by atoms with van der Waals surface area (Å²) in [6.45, 7) is 0.986. The molecule has 0 saturated carbocycles. The van der Waals surface area contributed by atoms with Crippen LogP contribution in [0.2, 0.25) is 0 Å². The number of benzene rings is 2. The van der Waals surface area contributed by atoms with Crippen LogP contribution < -0.4 is 5.32 Å². The maximum Gasteiger partial charge on any atom is 0.252 e. The minimum absolute atomic E-state index is 0.0818. The van der Waals surface area contributed by atoms with E-state index in [9.17, 15) is 13.2 Å². The van der Waals surface area contributed by atoms with Crippen molar-refractivity contribution < 1.29 is 13.2 Å². The lowest BCUT2D eigenvalue weighted by Gasteiger charge is -2.34. The van der Waals surface area contributed by atoms with Gasteiger partial charge in [-0.1, -0.05) is 55.0 Å². The van der Waals surface area contributed by atoms with Crippen LogP contribution in [0.3, 0.4) is 0 Å². The molecule has 1 N–H and O–H groups in total. The summed E-state index contributed by atoms with van der Waals surface area (Å²) in [5.41, 5.74) is 2.78.